The van der Waals surface area contributed by atoms with E-state index in [4.69, 9.17) is 10.9 Å². The van der Waals surface area contributed by atoms with Gasteiger partial charge in [-0.05, 0) is 43.7 Å². The zero-order valence-corrected chi connectivity index (χ0v) is 9.75. The maximum absolute atomic E-state index is 8.61. The number of oxime groups is 1. The molecule has 5 nitrogen and oxygen atoms in total. The van der Waals surface area contributed by atoms with Crippen LogP contribution in [0, 0.1) is 13.8 Å². The van der Waals surface area contributed by atoms with E-state index < -0.39 is 0 Å². The van der Waals surface area contributed by atoms with Crippen LogP contribution in [-0.2, 0) is 0 Å². The van der Waals surface area contributed by atoms with Crippen molar-refractivity contribution >= 4 is 5.84 Å². The molecule has 0 unspecified atom stereocenters. The zero-order chi connectivity index (χ0) is 12.4. The summed E-state index contributed by atoms with van der Waals surface area (Å²) in [6.07, 6.45) is 1.90. The van der Waals surface area contributed by atoms with Crippen LogP contribution in [0.2, 0.25) is 0 Å². The molecule has 0 radical (unpaired) electrons. The molecule has 0 saturated heterocycles. The van der Waals surface area contributed by atoms with E-state index in [1.807, 2.05) is 38.2 Å². The van der Waals surface area contributed by atoms with E-state index in [0.29, 0.717) is 5.56 Å². The SMILES string of the molecule is Cc1ccn(-c2ccc(C(N)=NO)cc2C)n1. The Morgan fingerprint density at radius 3 is 2.65 bits per heavy atom. The first-order chi connectivity index (χ1) is 8.11. The Kier molecular flexibility index (Phi) is 2.82. The molecule has 2 aromatic rings. The van der Waals surface area contributed by atoms with E-state index in [0.717, 1.165) is 16.9 Å². The van der Waals surface area contributed by atoms with E-state index in [-0.39, 0.29) is 5.84 Å². The molecule has 0 atom stereocenters. The number of benzene rings is 1. The number of rotatable bonds is 2. The van der Waals surface area contributed by atoms with Gasteiger partial charge in [0.2, 0.25) is 0 Å². The van der Waals surface area contributed by atoms with Crippen LogP contribution in [0.5, 0.6) is 0 Å². The average molecular weight is 230 g/mol. The summed E-state index contributed by atoms with van der Waals surface area (Å²) in [6, 6.07) is 7.50. The van der Waals surface area contributed by atoms with Crippen LogP contribution in [0.4, 0.5) is 0 Å². The summed E-state index contributed by atoms with van der Waals surface area (Å²) in [5.74, 6) is 0.108. The molecule has 0 saturated carbocycles. The quantitative estimate of drug-likeness (QED) is 0.356. The van der Waals surface area contributed by atoms with E-state index in [9.17, 15) is 0 Å². The fraction of sp³-hybridized carbons (Fsp3) is 0.167. The van der Waals surface area contributed by atoms with Gasteiger partial charge in [-0.1, -0.05) is 5.16 Å². The molecule has 0 bridgehead atoms. The van der Waals surface area contributed by atoms with Crippen LogP contribution < -0.4 is 5.73 Å². The lowest BCUT2D eigenvalue weighted by atomic mass is 10.1. The van der Waals surface area contributed by atoms with Crippen LogP contribution in [0.25, 0.3) is 5.69 Å². The second kappa shape index (κ2) is 4.29. The third-order valence-corrected chi connectivity index (χ3v) is 2.57. The minimum absolute atomic E-state index is 0.108. The van der Waals surface area contributed by atoms with Gasteiger partial charge in [0, 0.05) is 11.8 Å². The Morgan fingerprint density at radius 1 is 1.35 bits per heavy atom. The van der Waals surface area contributed by atoms with Crippen LogP contribution in [0.15, 0.2) is 35.6 Å². The summed E-state index contributed by atoms with van der Waals surface area (Å²) in [7, 11) is 0. The van der Waals surface area contributed by atoms with Gasteiger partial charge in [-0.25, -0.2) is 4.68 Å². The van der Waals surface area contributed by atoms with Crippen LogP contribution in [0.3, 0.4) is 0 Å². The van der Waals surface area contributed by atoms with Gasteiger partial charge in [0.05, 0.1) is 11.4 Å². The van der Waals surface area contributed by atoms with Crippen molar-refractivity contribution in [3.8, 4) is 5.69 Å². The summed E-state index contributed by atoms with van der Waals surface area (Å²) >= 11 is 0. The molecule has 17 heavy (non-hydrogen) atoms. The molecule has 0 amide bonds. The first-order valence-electron chi connectivity index (χ1n) is 5.23. The predicted octanol–water partition coefficient (Wildman–Crippen LogP) is 1.58. The number of aromatic nitrogens is 2. The van der Waals surface area contributed by atoms with Gasteiger partial charge in [-0.2, -0.15) is 5.10 Å². The Morgan fingerprint density at radius 2 is 2.12 bits per heavy atom. The molecule has 88 valence electrons. The molecule has 1 aromatic heterocycles. The summed E-state index contributed by atoms with van der Waals surface area (Å²) in [6.45, 7) is 3.90. The number of nitrogens with zero attached hydrogens (tertiary/aromatic N) is 3. The third-order valence-electron chi connectivity index (χ3n) is 2.57. The van der Waals surface area contributed by atoms with E-state index >= 15 is 0 Å². The molecule has 3 N–H and O–H groups in total. The number of amidine groups is 1. The van der Waals surface area contributed by atoms with Gasteiger partial charge in [0.1, 0.15) is 0 Å². The molecule has 1 heterocycles. The lowest BCUT2D eigenvalue weighted by Crippen LogP contribution is -2.13. The van der Waals surface area contributed by atoms with Crippen molar-refractivity contribution in [2.75, 3.05) is 0 Å². The second-order valence-electron chi connectivity index (χ2n) is 3.89. The van der Waals surface area contributed by atoms with Gasteiger partial charge in [0.25, 0.3) is 0 Å². The molecule has 0 aliphatic carbocycles. The number of nitrogens with two attached hydrogens (primary N) is 1. The predicted molar refractivity (Wildman–Crippen MR) is 65.5 cm³/mol. The van der Waals surface area contributed by atoms with Crippen molar-refractivity contribution in [3.63, 3.8) is 0 Å². The van der Waals surface area contributed by atoms with Gasteiger partial charge in [-0.3, -0.25) is 0 Å². The van der Waals surface area contributed by atoms with Crippen molar-refractivity contribution in [1.29, 1.82) is 0 Å². The molecule has 0 fully saturated rings. The Labute approximate surface area is 99.2 Å². The molecular formula is C12H14N4O. The van der Waals surface area contributed by atoms with Crippen LogP contribution >= 0.6 is 0 Å². The molecule has 5 heteroatoms. The van der Waals surface area contributed by atoms with E-state index in [1.165, 1.54) is 0 Å². The van der Waals surface area contributed by atoms with Gasteiger partial charge in [-0.15, -0.1) is 0 Å². The fourth-order valence-electron chi connectivity index (χ4n) is 1.68. The molecule has 0 aliphatic heterocycles. The third kappa shape index (κ3) is 2.13. The van der Waals surface area contributed by atoms with Crippen molar-refractivity contribution in [3.05, 3.63) is 47.3 Å². The van der Waals surface area contributed by atoms with Gasteiger partial charge < -0.3 is 10.9 Å². The minimum atomic E-state index is 0.108. The highest BCUT2D eigenvalue weighted by Crippen LogP contribution is 2.15. The largest absolute Gasteiger partial charge is 0.409 e. The molecular weight excluding hydrogens is 216 g/mol. The summed E-state index contributed by atoms with van der Waals surface area (Å²) < 4.78 is 1.81. The Hall–Kier alpha value is -2.30. The monoisotopic (exact) mass is 230 g/mol. The normalized spacial score (nSPS) is 11.8. The molecule has 1 aromatic carbocycles. The molecule has 2 rings (SSSR count). The highest BCUT2D eigenvalue weighted by Gasteiger charge is 2.05. The maximum Gasteiger partial charge on any atom is 0.170 e. The Balaban J connectivity index is 2.45. The van der Waals surface area contributed by atoms with E-state index in [2.05, 4.69) is 10.3 Å². The molecule has 0 spiro atoms. The first kappa shape index (κ1) is 11.2. The highest BCUT2D eigenvalue weighted by atomic mass is 16.4. The number of aryl methyl sites for hydroxylation is 2. The number of hydrogen-bond acceptors (Lipinski definition) is 3. The van der Waals surface area contributed by atoms with Crippen molar-refractivity contribution < 1.29 is 5.21 Å². The van der Waals surface area contributed by atoms with E-state index in [1.54, 1.807) is 10.7 Å². The van der Waals surface area contributed by atoms with Crippen molar-refractivity contribution in [2.45, 2.75) is 13.8 Å². The highest BCUT2D eigenvalue weighted by molar-refractivity contribution is 5.97. The van der Waals surface area contributed by atoms with Crippen molar-refractivity contribution in [1.82, 2.24) is 9.78 Å². The Bertz CT molecular complexity index is 572. The van der Waals surface area contributed by atoms with Crippen molar-refractivity contribution in [2.24, 2.45) is 10.9 Å². The summed E-state index contributed by atoms with van der Waals surface area (Å²) in [5.41, 5.74) is 9.18. The average Bonchev–Trinajstić information content (AvgIpc) is 2.74. The summed E-state index contributed by atoms with van der Waals surface area (Å²) in [5, 5.41) is 15.9. The standard InChI is InChI=1S/C12H14N4O/c1-8-7-10(12(13)15-17)3-4-11(8)16-6-5-9(2)14-16/h3-7,17H,1-2H3,(H2,13,15). The van der Waals surface area contributed by atoms with Crippen LogP contribution in [-0.4, -0.2) is 20.8 Å². The maximum atomic E-state index is 8.61. The lowest BCUT2D eigenvalue weighted by molar-refractivity contribution is 0.318. The topological polar surface area (TPSA) is 76.4 Å². The van der Waals surface area contributed by atoms with Gasteiger partial charge in [0.15, 0.2) is 5.84 Å². The smallest absolute Gasteiger partial charge is 0.170 e. The fourth-order valence-corrected chi connectivity index (χ4v) is 1.68. The lowest BCUT2D eigenvalue weighted by Gasteiger charge is -2.07. The molecule has 0 aliphatic rings. The van der Waals surface area contributed by atoms with Crippen LogP contribution in [0.1, 0.15) is 16.8 Å². The summed E-state index contributed by atoms with van der Waals surface area (Å²) in [4.78, 5) is 0. The number of hydrogen-bond donors (Lipinski definition) is 2. The second-order valence-corrected chi connectivity index (χ2v) is 3.89. The van der Waals surface area contributed by atoms with Gasteiger partial charge >= 0.3 is 0 Å². The first-order valence-corrected chi connectivity index (χ1v) is 5.23. The zero-order valence-electron chi connectivity index (χ0n) is 9.75. The minimum Gasteiger partial charge on any atom is -0.409 e.